The van der Waals surface area contributed by atoms with Crippen molar-refractivity contribution in [2.45, 2.75) is 45.4 Å². The summed E-state index contributed by atoms with van der Waals surface area (Å²) in [4.78, 5) is 10.6. The molecule has 5 nitrogen and oxygen atoms in total. The van der Waals surface area contributed by atoms with Gasteiger partial charge in [-0.1, -0.05) is 0 Å². The van der Waals surface area contributed by atoms with E-state index in [0.717, 1.165) is 0 Å². The highest BCUT2D eigenvalue weighted by atomic mass is 16.5. The Labute approximate surface area is 84.1 Å². The summed E-state index contributed by atoms with van der Waals surface area (Å²) in [5, 5.41) is 20.4. The number of nitrogens with one attached hydrogen (secondary N) is 1. The molecule has 0 saturated heterocycles. The minimum absolute atomic E-state index is 0.103. The SMILES string of the molecule is C[C@@H](O)[C@H](NCOC(C)(C)C)C(=O)O. The summed E-state index contributed by atoms with van der Waals surface area (Å²) in [6, 6.07) is -0.989. The first-order chi connectivity index (χ1) is 6.24. The van der Waals surface area contributed by atoms with E-state index < -0.39 is 18.1 Å². The summed E-state index contributed by atoms with van der Waals surface area (Å²) in [6.07, 6.45) is -0.948. The lowest BCUT2D eigenvalue weighted by Crippen LogP contribution is -2.46. The molecule has 0 spiro atoms. The molecule has 2 atom stereocenters. The molecule has 0 rings (SSSR count). The van der Waals surface area contributed by atoms with Crippen molar-refractivity contribution in [2.24, 2.45) is 0 Å². The first-order valence-electron chi connectivity index (χ1n) is 4.52. The zero-order chi connectivity index (χ0) is 11.4. The molecule has 84 valence electrons. The van der Waals surface area contributed by atoms with Crippen LogP contribution in [0.4, 0.5) is 0 Å². The molecular weight excluding hydrogens is 186 g/mol. The molecule has 0 unspecified atom stereocenters. The van der Waals surface area contributed by atoms with Crippen LogP contribution in [-0.4, -0.2) is 40.7 Å². The van der Waals surface area contributed by atoms with Gasteiger partial charge in [-0.15, -0.1) is 0 Å². The second-order valence-corrected chi connectivity index (χ2v) is 4.16. The van der Waals surface area contributed by atoms with Gasteiger partial charge in [-0.05, 0) is 27.7 Å². The van der Waals surface area contributed by atoms with Gasteiger partial charge in [-0.2, -0.15) is 0 Å². The van der Waals surface area contributed by atoms with Gasteiger partial charge in [0.2, 0.25) is 0 Å². The normalized spacial score (nSPS) is 16.4. The minimum Gasteiger partial charge on any atom is -0.480 e. The van der Waals surface area contributed by atoms with Crippen molar-refractivity contribution in [3.8, 4) is 0 Å². The fourth-order valence-corrected chi connectivity index (χ4v) is 0.812. The van der Waals surface area contributed by atoms with Crippen LogP contribution in [0.2, 0.25) is 0 Å². The van der Waals surface area contributed by atoms with Crippen molar-refractivity contribution >= 4 is 5.97 Å². The highest BCUT2D eigenvalue weighted by Gasteiger charge is 2.22. The smallest absolute Gasteiger partial charge is 0.323 e. The second-order valence-electron chi connectivity index (χ2n) is 4.16. The maximum absolute atomic E-state index is 10.6. The van der Waals surface area contributed by atoms with Crippen LogP contribution >= 0.6 is 0 Å². The molecule has 0 amide bonds. The zero-order valence-corrected chi connectivity index (χ0v) is 9.07. The summed E-state index contributed by atoms with van der Waals surface area (Å²) in [6.45, 7) is 7.13. The Hall–Kier alpha value is -0.650. The molecule has 0 saturated carbocycles. The maximum atomic E-state index is 10.6. The summed E-state index contributed by atoms with van der Waals surface area (Å²) in [5.41, 5.74) is -0.325. The average Bonchev–Trinajstić information content (AvgIpc) is 1.94. The lowest BCUT2D eigenvalue weighted by Gasteiger charge is -2.23. The van der Waals surface area contributed by atoms with E-state index in [0.29, 0.717) is 0 Å². The number of ether oxygens (including phenoxy) is 1. The monoisotopic (exact) mass is 205 g/mol. The lowest BCUT2D eigenvalue weighted by atomic mass is 10.2. The average molecular weight is 205 g/mol. The summed E-state index contributed by atoms with van der Waals surface area (Å²) in [5.74, 6) is -1.09. The van der Waals surface area contributed by atoms with E-state index in [2.05, 4.69) is 5.32 Å². The largest absolute Gasteiger partial charge is 0.480 e. The third kappa shape index (κ3) is 5.90. The van der Waals surface area contributed by atoms with Crippen molar-refractivity contribution in [2.75, 3.05) is 6.73 Å². The molecule has 5 heteroatoms. The molecule has 0 aromatic heterocycles. The molecule has 3 N–H and O–H groups in total. The molecule has 0 fully saturated rings. The Morgan fingerprint density at radius 1 is 1.50 bits per heavy atom. The number of carbonyl (C=O) groups is 1. The standard InChI is InChI=1S/C9H19NO4/c1-6(11)7(8(12)13)10-5-14-9(2,3)4/h6-7,10-11H,5H2,1-4H3,(H,12,13)/t6-,7+/m1/s1. The van der Waals surface area contributed by atoms with Gasteiger partial charge in [-0.25, -0.2) is 0 Å². The number of rotatable bonds is 5. The highest BCUT2D eigenvalue weighted by Crippen LogP contribution is 2.05. The van der Waals surface area contributed by atoms with Crippen LogP contribution in [0.1, 0.15) is 27.7 Å². The molecule has 0 aromatic carbocycles. The van der Waals surface area contributed by atoms with Gasteiger partial charge in [0.05, 0.1) is 18.4 Å². The van der Waals surface area contributed by atoms with E-state index >= 15 is 0 Å². The van der Waals surface area contributed by atoms with Gasteiger partial charge in [0.1, 0.15) is 6.04 Å². The van der Waals surface area contributed by atoms with Crippen molar-refractivity contribution in [3.63, 3.8) is 0 Å². The number of hydrogen-bond acceptors (Lipinski definition) is 4. The van der Waals surface area contributed by atoms with Crippen LogP contribution in [0, 0.1) is 0 Å². The fourth-order valence-electron chi connectivity index (χ4n) is 0.812. The number of aliphatic hydroxyl groups excluding tert-OH is 1. The first-order valence-corrected chi connectivity index (χ1v) is 4.52. The zero-order valence-electron chi connectivity index (χ0n) is 9.07. The topological polar surface area (TPSA) is 78.8 Å². The van der Waals surface area contributed by atoms with E-state index in [1.54, 1.807) is 0 Å². The van der Waals surface area contributed by atoms with Crippen LogP contribution in [0.5, 0.6) is 0 Å². The molecule has 0 heterocycles. The molecule has 0 aromatic rings. The first kappa shape index (κ1) is 13.4. The molecule has 0 aliphatic rings. The van der Waals surface area contributed by atoms with Crippen LogP contribution in [0.15, 0.2) is 0 Å². The van der Waals surface area contributed by atoms with Crippen LogP contribution in [-0.2, 0) is 9.53 Å². The Kier molecular flexibility index (Phi) is 5.04. The number of hydrogen-bond donors (Lipinski definition) is 3. The number of aliphatic hydroxyl groups is 1. The summed E-state index contributed by atoms with van der Waals surface area (Å²) in [7, 11) is 0. The molecule has 0 aliphatic carbocycles. The van der Waals surface area contributed by atoms with Gasteiger partial charge in [0, 0.05) is 0 Å². The summed E-state index contributed by atoms with van der Waals surface area (Å²) >= 11 is 0. The van der Waals surface area contributed by atoms with Gasteiger partial charge in [0.25, 0.3) is 0 Å². The molecule has 14 heavy (non-hydrogen) atoms. The Bertz CT molecular complexity index is 186. The predicted octanol–water partition coefficient (Wildman–Crippen LogP) is 0.183. The number of carboxylic acids is 1. The van der Waals surface area contributed by atoms with E-state index in [-0.39, 0.29) is 12.3 Å². The molecule has 0 aliphatic heterocycles. The lowest BCUT2D eigenvalue weighted by molar-refractivity contribution is -0.143. The third-order valence-corrected chi connectivity index (χ3v) is 1.56. The number of carboxylic acid groups (broad SMARTS) is 1. The third-order valence-electron chi connectivity index (χ3n) is 1.56. The van der Waals surface area contributed by atoms with Crippen molar-refractivity contribution in [1.29, 1.82) is 0 Å². The van der Waals surface area contributed by atoms with E-state index in [9.17, 15) is 4.79 Å². The fraction of sp³-hybridized carbons (Fsp3) is 0.889. The van der Waals surface area contributed by atoms with E-state index in [1.165, 1.54) is 6.92 Å². The molecular formula is C9H19NO4. The van der Waals surface area contributed by atoms with Crippen LogP contribution in [0.25, 0.3) is 0 Å². The van der Waals surface area contributed by atoms with E-state index in [1.807, 2.05) is 20.8 Å². The van der Waals surface area contributed by atoms with Gasteiger partial charge in [-0.3, -0.25) is 10.1 Å². The Balaban J connectivity index is 3.90. The Morgan fingerprint density at radius 2 is 2.00 bits per heavy atom. The predicted molar refractivity (Wildman–Crippen MR) is 51.9 cm³/mol. The van der Waals surface area contributed by atoms with Crippen molar-refractivity contribution in [1.82, 2.24) is 5.32 Å². The quantitative estimate of drug-likeness (QED) is 0.558. The van der Waals surface area contributed by atoms with Gasteiger partial charge >= 0.3 is 5.97 Å². The van der Waals surface area contributed by atoms with Gasteiger partial charge < -0.3 is 14.9 Å². The number of aliphatic carboxylic acids is 1. The maximum Gasteiger partial charge on any atom is 0.323 e. The highest BCUT2D eigenvalue weighted by molar-refractivity contribution is 5.74. The summed E-state index contributed by atoms with van der Waals surface area (Å²) < 4.78 is 5.27. The Morgan fingerprint density at radius 3 is 2.29 bits per heavy atom. The molecule has 0 bridgehead atoms. The molecule has 0 radical (unpaired) electrons. The van der Waals surface area contributed by atoms with Crippen LogP contribution in [0.3, 0.4) is 0 Å². The minimum atomic E-state index is -1.09. The van der Waals surface area contributed by atoms with E-state index in [4.69, 9.17) is 14.9 Å². The second kappa shape index (κ2) is 5.29. The van der Waals surface area contributed by atoms with Gasteiger partial charge in [0.15, 0.2) is 0 Å². The van der Waals surface area contributed by atoms with Crippen molar-refractivity contribution in [3.05, 3.63) is 0 Å². The van der Waals surface area contributed by atoms with Crippen LogP contribution < -0.4 is 5.32 Å². The van der Waals surface area contributed by atoms with Crippen molar-refractivity contribution < 1.29 is 19.7 Å².